The van der Waals surface area contributed by atoms with Crippen LogP contribution in [0.15, 0.2) is 36.4 Å². The molecule has 0 aliphatic heterocycles. The van der Waals surface area contributed by atoms with Gasteiger partial charge < -0.3 is 15.2 Å². The number of phenolic OH excluding ortho intramolecular Hbond substituents is 1. The van der Waals surface area contributed by atoms with Gasteiger partial charge in [0.05, 0.1) is 12.6 Å². The van der Waals surface area contributed by atoms with E-state index in [0.29, 0.717) is 12.4 Å². The summed E-state index contributed by atoms with van der Waals surface area (Å²) in [7, 11) is 0. The zero-order valence-corrected chi connectivity index (χ0v) is 13.1. The molecule has 0 bridgehead atoms. The van der Waals surface area contributed by atoms with E-state index in [1.54, 1.807) is 6.07 Å². The Hall–Kier alpha value is -2.16. The first-order valence-corrected chi connectivity index (χ1v) is 7.30. The summed E-state index contributed by atoms with van der Waals surface area (Å²) in [5, 5.41) is 13.5. The molecule has 2 rings (SSSR count). The van der Waals surface area contributed by atoms with Crippen molar-refractivity contribution in [2.75, 3.05) is 11.9 Å². The number of aromatic hydroxyl groups is 1. The summed E-state index contributed by atoms with van der Waals surface area (Å²) in [4.78, 5) is 0. The Balaban J connectivity index is 2.19. The molecule has 0 saturated heterocycles. The highest BCUT2D eigenvalue weighted by Crippen LogP contribution is 2.30. The second-order valence-corrected chi connectivity index (χ2v) is 5.34. The van der Waals surface area contributed by atoms with Gasteiger partial charge in [-0.15, -0.1) is 0 Å². The Morgan fingerprint density at radius 2 is 1.90 bits per heavy atom. The van der Waals surface area contributed by atoms with Gasteiger partial charge in [-0.1, -0.05) is 17.7 Å². The van der Waals surface area contributed by atoms with Crippen LogP contribution in [0.2, 0.25) is 0 Å². The molecule has 0 fully saturated rings. The highest BCUT2D eigenvalue weighted by Gasteiger charge is 2.11. The molecule has 0 aromatic heterocycles. The highest BCUT2D eigenvalue weighted by atomic mass is 16.5. The quantitative estimate of drug-likeness (QED) is 0.844. The van der Waals surface area contributed by atoms with Crippen LogP contribution in [0.1, 0.15) is 36.6 Å². The highest BCUT2D eigenvalue weighted by molar-refractivity contribution is 5.55. The third kappa shape index (κ3) is 3.69. The van der Waals surface area contributed by atoms with Gasteiger partial charge in [-0.05, 0) is 57.5 Å². The van der Waals surface area contributed by atoms with Crippen LogP contribution in [0.25, 0.3) is 0 Å². The summed E-state index contributed by atoms with van der Waals surface area (Å²) in [5.41, 5.74) is 4.22. The van der Waals surface area contributed by atoms with Gasteiger partial charge in [-0.3, -0.25) is 0 Å². The predicted molar refractivity (Wildman–Crippen MR) is 87.2 cm³/mol. The van der Waals surface area contributed by atoms with E-state index in [2.05, 4.69) is 5.32 Å². The minimum Gasteiger partial charge on any atom is -0.508 e. The second-order valence-electron chi connectivity index (χ2n) is 5.34. The molecule has 0 amide bonds. The van der Waals surface area contributed by atoms with Crippen LogP contribution in [0, 0.1) is 13.8 Å². The predicted octanol–water partition coefficient (Wildman–Crippen LogP) is 4.58. The largest absolute Gasteiger partial charge is 0.508 e. The van der Waals surface area contributed by atoms with Crippen molar-refractivity contribution in [3.8, 4) is 11.5 Å². The molecule has 0 heterocycles. The summed E-state index contributed by atoms with van der Waals surface area (Å²) in [6, 6.07) is 11.7. The van der Waals surface area contributed by atoms with Crippen molar-refractivity contribution in [3.05, 3.63) is 53.1 Å². The summed E-state index contributed by atoms with van der Waals surface area (Å²) in [6.07, 6.45) is 0. The first kappa shape index (κ1) is 15.2. The molecule has 0 radical (unpaired) electrons. The van der Waals surface area contributed by atoms with Gasteiger partial charge in [-0.25, -0.2) is 0 Å². The minimum absolute atomic E-state index is 0.0292. The topological polar surface area (TPSA) is 41.5 Å². The molecule has 1 atom stereocenters. The van der Waals surface area contributed by atoms with Crippen LogP contribution < -0.4 is 10.1 Å². The third-order valence-corrected chi connectivity index (χ3v) is 3.53. The van der Waals surface area contributed by atoms with E-state index in [1.165, 1.54) is 0 Å². The average Bonchev–Trinajstić information content (AvgIpc) is 2.44. The lowest BCUT2D eigenvalue weighted by atomic mass is 10.0. The lowest BCUT2D eigenvalue weighted by Crippen LogP contribution is -2.08. The van der Waals surface area contributed by atoms with E-state index >= 15 is 0 Å². The average molecular weight is 285 g/mol. The van der Waals surface area contributed by atoms with Gasteiger partial charge in [0.1, 0.15) is 11.5 Å². The smallest absolute Gasteiger partial charge is 0.120 e. The van der Waals surface area contributed by atoms with E-state index < -0.39 is 0 Å². The normalized spacial score (nSPS) is 12.0. The minimum atomic E-state index is 0.0292. The van der Waals surface area contributed by atoms with Crippen molar-refractivity contribution >= 4 is 5.69 Å². The molecule has 1 unspecified atom stereocenters. The number of hydrogen-bond donors (Lipinski definition) is 2. The Kier molecular flexibility index (Phi) is 4.73. The first-order valence-electron chi connectivity index (χ1n) is 7.30. The number of aryl methyl sites for hydroxylation is 2. The maximum absolute atomic E-state index is 10.0. The molecule has 0 spiro atoms. The first-order chi connectivity index (χ1) is 10.0. The lowest BCUT2D eigenvalue weighted by molar-refractivity contribution is 0.340. The van der Waals surface area contributed by atoms with Crippen LogP contribution in [-0.4, -0.2) is 11.7 Å². The van der Waals surface area contributed by atoms with Crippen molar-refractivity contribution in [2.24, 2.45) is 0 Å². The molecule has 3 heteroatoms. The Morgan fingerprint density at radius 1 is 1.14 bits per heavy atom. The Labute approximate surface area is 126 Å². The Bertz CT molecular complexity index is 623. The molecule has 2 N–H and O–H groups in total. The fourth-order valence-electron chi connectivity index (χ4n) is 2.39. The van der Waals surface area contributed by atoms with Crippen molar-refractivity contribution in [1.29, 1.82) is 0 Å². The van der Waals surface area contributed by atoms with Gasteiger partial charge >= 0.3 is 0 Å². The van der Waals surface area contributed by atoms with Crippen LogP contribution in [0.3, 0.4) is 0 Å². The van der Waals surface area contributed by atoms with Gasteiger partial charge in [0.25, 0.3) is 0 Å². The zero-order valence-electron chi connectivity index (χ0n) is 13.1. The van der Waals surface area contributed by atoms with Crippen molar-refractivity contribution in [1.82, 2.24) is 0 Å². The molecule has 0 aliphatic carbocycles. The molecule has 3 nitrogen and oxygen atoms in total. The molecular formula is C18H23NO2. The number of hydrogen-bond acceptors (Lipinski definition) is 3. The number of rotatable bonds is 5. The number of ether oxygens (including phenoxy) is 1. The fraction of sp³-hybridized carbons (Fsp3) is 0.333. The van der Waals surface area contributed by atoms with E-state index in [4.69, 9.17) is 4.74 Å². The van der Waals surface area contributed by atoms with E-state index in [0.717, 1.165) is 28.1 Å². The van der Waals surface area contributed by atoms with Gasteiger partial charge in [0.15, 0.2) is 0 Å². The van der Waals surface area contributed by atoms with Crippen LogP contribution in [0.4, 0.5) is 5.69 Å². The van der Waals surface area contributed by atoms with Crippen LogP contribution in [-0.2, 0) is 0 Å². The molecule has 2 aromatic rings. The molecule has 0 aliphatic rings. The third-order valence-electron chi connectivity index (χ3n) is 3.53. The summed E-state index contributed by atoms with van der Waals surface area (Å²) in [6.45, 7) is 8.76. The standard InChI is InChI=1S/C18H23NO2/c1-5-21-15-7-8-17(13(3)11-15)19-14(4)16-10-12(2)6-9-18(16)20/h6-11,14,19-20H,5H2,1-4H3. The van der Waals surface area contributed by atoms with E-state index in [-0.39, 0.29) is 6.04 Å². The molecule has 0 saturated carbocycles. The lowest BCUT2D eigenvalue weighted by Gasteiger charge is -2.19. The van der Waals surface area contributed by atoms with Gasteiger partial charge in [0.2, 0.25) is 0 Å². The fourth-order valence-corrected chi connectivity index (χ4v) is 2.39. The number of nitrogens with one attached hydrogen (secondary N) is 1. The van der Waals surface area contributed by atoms with Crippen LogP contribution in [0.5, 0.6) is 11.5 Å². The van der Waals surface area contributed by atoms with Crippen LogP contribution >= 0.6 is 0 Å². The molecule has 2 aromatic carbocycles. The summed E-state index contributed by atoms with van der Waals surface area (Å²) < 4.78 is 5.50. The van der Waals surface area contributed by atoms with Crippen molar-refractivity contribution in [2.45, 2.75) is 33.7 Å². The maximum atomic E-state index is 10.0. The summed E-state index contributed by atoms with van der Waals surface area (Å²) in [5.74, 6) is 1.20. The number of anilines is 1. The maximum Gasteiger partial charge on any atom is 0.120 e. The second kappa shape index (κ2) is 6.53. The number of benzene rings is 2. The van der Waals surface area contributed by atoms with Crippen molar-refractivity contribution < 1.29 is 9.84 Å². The monoisotopic (exact) mass is 285 g/mol. The van der Waals surface area contributed by atoms with E-state index in [9.17, 15) is 5.11 Å². The van der Waals surface area contributed by atoms with E-state index in [1.807, 2.05) is 58.0 Å². The van der Waals surface area contributed by atoms with Gasteiger partial charge in [0, 0.05) is 11.3 Å². The zero-order chi connectivity index (χ0) is 15.4. The molecule has 21 heavy (non-hydrogen) atoms. The summed E-state index contributed by atoms with van der Waals surface area (Å²) >= 11 is 0. The Morgan fingerprint density at radius 3 is 2.57 bits per heavy atom. The van der Waals surface area contributed by atoms with Gasteiger partial charge in [-0.2, -0.15) is 0 Å². The van der Waals surface area contributed by atoms with Crippen molar-refractivity contribution in [3.63, 3.8) is 0 Å². The SMILES string of the molecule is CCOc1ccc(NC(C)c2cc(C)ccc2O)c(C)c1. The molecule has 112 valence electrons. The molecular weight excluding hydrogens is 262 g/mol. The number of phenols is 1.